The number of fused-ring (bicyclic) bond motifs is 1. The normalized spacial score (nSPS) is 11.0. The molecule has 0 aliphatic rings. The molecular formula is C16H12N4O4S. The number of nitrogens with one attached hydrogen (secondary N) is 1. The van der Waals surface area contributed by atoms with Gasteiger partial charge in [-0.1, -0.05) is 36.0 Å². The SMILES string of the molecule is O=C(CSc1nc2ccccc2o1)N/N=C/c1cccc([N+](=O)[O-])c1. The number of carbonyl (C=O) groups is 1. The molecule has 0 bridgehead atoms. The van der Waals surface area contributed by atoms with Crippen molar-refractivity contribution >= 4 is 40.7 Å². The first-order chi connectivity index (χ1) is 12.1. The quantitative estimate of drug-likeness (QED) is 0.315. The smallest absolute Gasteiger partial charge is 0.270 e. The van der Waals surface area contributed by atoms with Crippen molar-refractivity contribution in [2.45, 2.75) is 5.22 Å². The number of hydrazone groups is 1. The van der Waals surface area contributed by atoms with Crippen LogP contribution in [0.4, 0.5) is 5.69 Å². The third-order valence-electron chi connectivity index (χ3n) is 3.08. The monoisotopic (exact) mass is 356 g/mol. The van der Waals surface area contributed by atoms with Crippen LogP contribution in [0.15, 0.2) is 63.3 Å². The topological polar surface area (TPSA) is 111 Å². The highest BCUT2D eigenvalue weighted by Gasteiger charge is 2.08. The molecule has 9 heteroatoms. The Bertz CT molecular complexity index is 921. The second-order valence-electron chi connectivity index (χ2n) is 4.88. The number of carbonyl (C=O) groups excluding carboxylic acids is 1. The molecule has 2 aromatic carbocycles. The van der Waals surface area contributed by atoms with Gasteiger partial charge in [-0.3, -0.25) is 14.9 Å². The molecule has 0 fully saturated rings. The predicted molar refractivity (Wildman–Crippen MR) is 93.6 cm³/mol. The van der Waals surface area contributed by atoms with E-state index in [0.29, 0.717) is 16.4 Å². The number of rotatable bonds is 6. The summed E-state index contributed by atoms with van der Waals surface area (Å²) in [6, 6.07) is 13.3. The Morgan fingerprint density at radius 3 is 2.96 bits per heavy atom. The molecule has 3 rings (SSSR count). The summed E-state index contributed by atoms with van der Waals surface area (Å²) in [5.41, 5.74) is 4.22. The van der Waals surface area contributed by atoms with Crippen molar-refractivity contribution in [3.8, 4) is 0 Å². The number of thioether (sulfide) groups is 1. The van der Waals surface area contributed by atoms with Crippen LogP contribution in [0.5, 0.6) is 0 Å². The molecule has 0 spiro atoms. The zero-order valence-corrected chi connectivity index (χ0v) is 13.6. The maximum Gasteiger partial charge on any atom is 0.270 e. The number of nitro groups is 1. The van der Waals surface area contributed by atoms with Crippen LogP contribution in [-0.4, -0.2) is 27.8 Å². The van der Waals surface area contributed by atoms with E-state index in [-0.39, 0.29) is 17.3 Å². The van der Waals surface area contributed by atoms with E-state index in [2.05, 4.69) is 15.5 Å². The number of hydrogen-bond acceptors (Lipinski definition) is 7. The summed E-state index contributed by atoms with van der Waals surface area (Å²) >= 11 is 1.15. The van der Waals surface area contributed by atoms with Crippen molar-refractivity contribution in [2.75, 3.05) is 5.75 Å². The van der Waals surface area contributed by atoms with Gasteiger partial charge in [-0.05, 0) is 12.1 Å². The van der Waals surface area contributed by atoms with Gasteiger partial charge in [0.25, 0.3) is 16.8 Å². The first-order valence-corrected chi connectivity index (χ1v) is 8.15. The van der Waals surface area contributed by atoms with Gasteiger partial charge in [-0.2, -0.15) is 5.10 Å². The number of hydrogen-bond donors (Lipinski definition) is 1. The summed E-state index contributed by atoms with van der Waals surface area (Å²) < 4.78 is 5.50. The van der Waals surface area contributed by atoms with Crippen molar-refractivity contribution < 1.29 is 14.1 Å². The lowest BCUT2D eigenvalue weighted by molar-refractivity contribution is -0.384. The zero-order chi connectivity index (χ0) is 17.6. The van der Waals surface area contributed by atoms with Gasteiger partial charge in [0.15, 0.2) is 5.58 Å². The van der Waals surface area contributed by atoms with Crippen LogP contribution in [0, 0.1) is 10.1 Å². The number of non-ortho nitro benzene ring substituents is 1. The Labute approximate surface area is 146 Å². The zero-order valence-electron chi connectivity index (χ0n) is 12.8. The maximum atomic E-state index is 11.8. The molecule has 1 heterocycles. The molecule has 25 heavy (non-hydrogen) atoms. The third kappa shape index (κ3) is 4.42. The fraction of sp³-hybridized carbons (Fsp3) is 0.0625. The van der Waals surface area contributed by atoms with E-state index in [4.69, 9.17) is 4.42 Å². The number of oxazole rings is 1. The van der Waals surface area contributed by atoms with Crippen LogP contribution in [-0.2, 0) is 4.79 Å². The summed E-state index contributed by atoms with van der Waals surface area (Å²) in [4.78, 5) is 26.2. The van der Waals surface area contributed by atoms with Gasteiger partial charge in [0.05, 0.1) is 16.9 Å². The fourth-order valence-electron chi connectivity index (χ4n) is 1.97. The van der Waals surface area contributed by atoms with Gasteiger partial charge in [-0.25, -0.2) is 10.4 Å². The number of para-hydroxylation sites is 2. The van der Waals surface area contributed by atoms with E-state index in [9.17, 15) is 14.9 Å². The number of amides is 1. The minimum absolute atomic E-state index is 0.0400. The summed E-state index contributed by atoms with van der Waals surface area (Å²) in [7, 11) is 0. The number of nitro benzene ring substituents is 1. The largest absolute Gasteiger partial charge is 0.431 e. The van der Waals surface area contributed by atoms with Crippen molar-refractivity contribution in [3.05, 3.63) is 64.2 Å². The van der Waals surface area contributed by atoms with E-state index < -0.39 is 4.92 Å². The van der Waals surface area contributed by atoms with Gasteiger partial charge in [0, 0.05) is 17.7 Å². The lowest BCUT2D eigenvalue weighted by Gasteiger charge is -1.97. The van der Waals surface area contributed by atoms with Gasteiger partial charge in [0.2, 0.25) is 0 Å². The summed E-state index contributed by atoms with van der Waals surface area (Å²) in [6.07, 6.45) is 1.34. The van der Waals surface area contributed by atoms with Gasteiger partial charge < -0.3 is 4.42 Å². The van der Waals surface area contributed by atoms with Crippen LogP contribution in [0.3, 0.4) is 0 Å². The molecule has 0 aliphatic carbocycles. The fourth-order valence-corrected chi connectivity index (χ4v) is 2.60. The third-order valence-corrected chi connectivity index (χ3v) is 3.91. The second kappa shape index (κ2) is 7.58. The molecule has 0 unspecified atom stereocenters. The average molecular weight is 356 g/mol. The van der Waals surface area contributed by atoms with Crippen LogP contribution >= 0.6 is 11.8 Å². The Balaban J connectivity index is 1.52. The molecule has 0 radical (unpaired) electrons. The lowest BCUT2D eigenvalue weighted by atomic mass is 10.2. The molecule has 0 atom stereocenters. The predicted octanol–water partition coefficient (Wildman–Crippen LogP) is 2.98. The highest BCUT2D eigenvalue weighted by molar-refractivity contribution is 7.99. The molecule has 3 aromatic rings. The standard InChI is InChI=1S/C16H12N4O4S/c21-15(10-25-16-18-13-6-1-2-7-14(13)24-16)19-17-9-11-4-3-5-12(8-11)20(22)23/h1-9H,10H2,(H,19,21)/b17-9+. The van der Waals surface area contributed by atoms with E-state index in [1.807, 2.05) is 18.2 Å². The Kier molecular flexibility index (Phi) is 5.05. The van der Waals surface area contributed by atoms with Crippen molar-refractivity contribution in [3.63, 3.8) is 0 Å². The van der Waals surface area contributed by atoms with Gasteiger partial charge in [0.1, 0.15) is 5.52 Å². The molecule has 0 aliphatic heterocycles. The molecule has 0 saturated carbocycles. The van der Waals surface area contributed by atoms with Crippen LogP contribution < -0.4 is 5.43 Å². The first-order valence-electron chi connectivity index (χ1n) is 7.16. The minimum Gasteiger partial charge on any atom is -0.431 e. The number of nitrogens with zero attached hydrogens (tertiary/aromatic N) is 3. The molecule has 1 amide bonds. The first kappa shape index (κ1) is 16.7. The van der Waals surface area contributed by atoms with Crippen LogP contribution in [0.2, 0.25) is 0 Å². The van der Waals surface area contributed by atoms with E-state index >= 15 is 0 Å². The molecule has 8 nitrogen and oxygen atoms in total. The summed E-state index contributed by atoms with van der Waals surface area (Å²) in [5.74, 6) is -0.257. The second-order valence-corrected chi connectivity index (χ2v) is 5.81. The minimum atomic E-state index is -0.493. The molecule has 0 saturated heterocycles. The highest BCUT2D eigenvalue weighted by atomic mass is 32.2. The summed E-state index contributed by atoms with van der Waals surface area (Å²) in [5, 5.41) is 14.9. The van der Waals surface area contributed by atoms with E-state index in [1.165, 1.54) is 18.3 Å². The van der Waals surface area contributed by atoms with Crippen LogP contribution in [0.1, 0.15) is 5.56 Å². The molecule has 1 aromatic heterocycles. The van der Waals surface area contributed by atoms with E-state index in [1.54, 1.807) is 18.2 Å². The number of benzene rings is 2. The van der Waals surface area contributed by atoms with E-state index in [0.717, 1.165) is 17.3 Å². The van der Waals surface area contributed by atoms with Crippen molar-refractivity contribution in [1.82, 2.24) is 10.4 Å². The molecule has 126 valence electrons. The maximum absolute atomic E-state index is 11.8. The average Bonchev–Trinajstić information content (AvgIpc) is 3.03. The van der Waals surface area contributed by atoms with Gasteiger partial charge >= 0.3 is 0 Å². The van der Waals surface area contributed by atoms with Crippen LogP contribution in [0.25, 0.3) is 11.1 Å². The Morgan fingerprint density at radius 2 is 2.16 bits per heavy atom. The van der Waals surface area contributed by atoms with Crippen molar-refractivity contribution in [2.24, 2.45) is 5.10 Å². The lowest BCUT2D eigenvalue weighted by Crippen LogP contribution is -2.19. The Morgan fingerprint density at radius 1 is 1.32 bits per heavy atom. The Hall–Kier alpha value is -3.20. The van der Waals surface area contributed by atoms with Gasteiger partial charge in [-0.15, -0.1) is 0 Å². The molecule has 1 N–H and O–H groups in total. The summed E-state index contributed by atoms with van der Waals surface area (Å²) in [6.45, 7) is 0. The molecular weight excluding hydrogens is 344 g/mol. The highest BCUT2D eigenvalue weighted by Crippen LogP contribution is 2.22. The van der Waals surface area contributed by atoms with Crippen molar-refractivity contribution in [1.29, 1.82) is 0 Å². The number of aromatic nitrogens is 1.